The number of fused-ring (bicyclic) bond motifs is 1. The van der Waals surface area contributed by atoms with Gasteiger partial charge in [-0.3, -0.25) is 14.2 Å². The van der Waals surface area contributed by atoms with E-state index in [9.17, 15) is 9.59 Å². The van der Waals surface area contributed by atoms with Gasteiger partial charge in [0.2, 0.25) is 5.91 Å². The molecule has 0 atom stereocenters. The van der Waals surface area contributed by atoms with Crippen LogP contribution >= 0.6 is 23.4 Å². The number of aromatic nitrogens is 3. The molecule has 0 unspecified atom stereocenters. The molecule has 8 heteroatoms. The van der Waals surface area contributed by atoms with E-state index in [1.807, 2.05) is 6.07 Å². The number of para-hydroxylation sites is 1. The minimum atomic E-state index is -0.252. The van der Waals surface area contributed by atoms with Crippen molar-refractivity contribution < 1.29 is 4.79 Å². The van der Waals surface area contributed by atoms with Crippen LogP contribution in [-0.2, 0) is 11.8 Å². The summed E-state index contributed by atoms with van der Waals surface area (Å²) in [4.78, 5) is 32.7. The molecule has 0 fully saturated rings. The van der Waals surface area contributed by atoms with Crippen LogP contribution in [0.3, 0.4) is 0 Å². The molecule has 1 N–H and O–H groups in total. The van der Waals surface area contributed by atoms with Gasteiger partial charge >= 0.3 is 0 Å². The Morgan fingerprint density at radius 1 is 1.29 bits per heavy atom. The lowest BCUT2D eigenvalue weighted by molar-refractivity contribution is -0.113. The van der Waals surface area contributed by atoms with E-state index in [1.54, 1.807) is 43.6 Å². The Hall–Kier alpha value is -2.38. The van der Waals surface area contributed by atoms with Crippen LogP contribution in [0.4, 0.5) is 5.69 Å². The Balaban J connectivity index is 1.76. The Morgan fingerprint density at radius 3 is 2.88 bits per heavy atom. The fourth-order valence-electron chi connectivity index (χ4n) is 2.12. The summed E-state index contributed by atoms with van der Waals surface area (Å²) in [6, 6.07) is 10.5. The molecular formula is C16H13ClN4O2S. The van der Waals surface area contributed by atoms with Crippen molar-refractivity contribution in [2.24, 2.45) is 7.05 Å². The average molecular weight is 361 g/mol. The van der Waals surface area contributed by atoms with Gasteiger partial charge in [0, 0.05) is 13.2 Å². The number of thioether (sulfide) groups is 1. The van der Waals surface area contributed by atoms with E-state index in [0.29, 0.717) is 21.7 Å². The summed E-state index contributed by atoms with van der Waals surface area (Å²) < 4.78 is 1.44. The minimum absolute atomic E-state index is 0.101. The molecular weight excluding hydrogens is 348 g/mol. The molecule has 0 radical (unpaired) electrons. The van der Waals surface area contributed by atoms with Gasteiger partial charge in [0.05, 0.1) is 22.3 Å². The summed E-state index contributed by atoms with van der Waals surface area (Å²) in [7, 11) is 1.64. The van der Waals surface area contributed by atoms with Gasteiger partial charge in [-0.15, -0.1) is 0 Å². The highest BCUT2D eigenvalue weighted by atomic mass is 35.5. The smallest absolute Gasteiger partial charge is 0.261 e. The van der Waals surface area contributed by atoms with Gasteiger partial charge < -0.3 is 5.32 Å². The van der Waals surface area contributed by atoms with Crippen LogP contribution in [-0.4, -0.2) is 26.2 Å². The van der Waals surface area contributed by atoms with Crippen LogP contribution in [0.5, 0.6) is 0 Å². The predicted octanol–water partition coefficient (Wildman–Crippen LogP) is 2.71. The second kappa shape index (κ2) is 7.02. The Kier molecular flexibility index (Phi) is 4.82. The molecule has 1 amide bonds. The molecule has 3 aromatic rings. The van der Waals surface area contributed by atoms with E-state index >= 15 is 0 Å². The molecule has 2 aromatic heterocycles. The van der Waals surface area contributed by atoms with Gasteiger partial charge in [-0.1, -0.05) is 35.5 Å². The number of pyridine rings is 1. The lowest BCUT2D eigenvalue weighted by Crippen LogP contribution is -2.21. The van der Waals surface area contributed by atoms with Crippen molar-refractivity contribution in [3.05, 3.63) is 58.1 Å². The predicted molar refractivity (Wildman–Crippen MR) is 95.6 cm³/mol. The van der Waals surface area contributed by atoms with Crippen LogP contribution in [0.1, 0.15) is 0 Å². The summed E-state index contributed by atoms with van der Waals surface area (Å²) in [5, 5.41) is 3.94. The monoisotopic (exact) mass is 360 g/mol. The largest absolute Gasteiger partial charge is 0.323 e. The molecule has 0 aliphatic carbocycles. The number of carbonyl (C=O) groups excluding carboxylic acids is 1. The number of nitrogens with one attached hydrogen (secondary N) is 1. The van der Waals surface area contributed by atoms with E-state index in [-0.39, 0.29) is 22.4 Å². The Bertz CT molecular complexity index is 974. The van der Waals surface area contributed by atoms with Crippen molar-refractivity contribution in [1.82, 2.24) is 14.5 Å². The van der Waals surface area contributed by atoms with Gasteiger partial charge in [0.1, 0.15) is 0 Å². The number of hydrogen-bond acceptors (Lipinski definition) is 5. The first kappa shape index (κ1) is 16.5. The summed E-state index contributed by atoms with van der Waals surface area (Å²) in [6.07, 6.45) is 1.54. The van der Waals surface area contributed by atoms with Gasteiger partial charge in [-0.2, -0.15) is 0 Å². The number of amides is 1. The number of halogens is 1. The molecule has 0 spiro atoms. The average Bonchev–Trinajstić information content (AvgIpc) is 2.59. The van der Waals surface area contributed by atoms with E-state index < -0.39 is 0 Å². The van der Waals surface area contributed by atoms with Crippen LogP contribution in [0, 0.1) is 0 Å². The number of anilines is 1. The molecule has 0 aliphatic rings. The van der Waals surface area contributed by atoms with E-state index in [1.165, 1.54) is 16.3 Å². The first-order valence-electron chi connectivity index (χ1n) is 7.05. The summed E-state index contributed by atoms with van der Waals surface area (Å²) in [6.45, 7) is 0. The standard InChI is InChI=1S/C16H13ClN4O2S/c1-21-15(23)10-5-2-3-6-11(10)20-16(21)24-9-13(22)19-12-7-4-8-18-14(12)17/h2-8H,9H2,1H3,(H,19,22). The zero-order valence-electron chi connectivity index (χ0n) is 12.7. The highest BCUT2D eigenvalue weighted by Gasteiger charge is 2.11. The van der Waals surface area contributed by atoms with Crippen molar-refractivity contribution in [3.8, 4) is 0 Å². The fourth-order valence-corrected chi connectivity index (χ4v) is 3.06. The zero-order chi connectivity index (χ0) is 17.1. The molecule has 0 bridgehead atoms. The third kappa shape index (κ3) is 3.42. The number of carbonyl (C=O) groups is 1. The van der Waals surface area contributed by atoms with Gasteiger partial charge in [-0.25, -0.2) is 9.97 Å². The molecule has 0 saturated carbocycles. The first-order chi connectivity index (χ1) is 11.6. The minimum Gasteiger partial charge on any atom is -0.323 e. The van der Waals surface area contributed by atoms with Crippen LogP contribution in [0.25, 0.3) is 10.9 Å². The van der Waals surface area contributed by atoms with Crippen LogP contribution in [0.15, 0.2) is 52.5 Å². The number of hydrogen-bond donors (Lipinski definition) is 1. The third-order valence-electron chi connectivity index (χ3n) is 3.31. The van der Waals surface area contributed by atoms with E-state index in [0.717, 1.165) is 0 Å². The van der Waals surface area contributed by atoms with Crippen LogP contribution in [0.2, 0.25) is 5.15 Å². The summed E-state index contributed by atoms with van der Waals surface area (Å²) in [5.74, 6) is -0.151. The van der Waals surface area contributed by atoms with E-state index in [4.69, 9.17) is 11.6 Å². The topological polar surface area (TPSA) is 76.9 Å². The van der Waals surface area contributed by atoms with Crippen molar-refractivity contribution >= 4 is 45.9 Å². The third-order valence-corrected chi connectivity index (χ3v) is 4.64. The molecule has 2 heterocycles. The van der Waals surface area contributed by atoms with Crippen molar-refractivity contribution in [2.45, 2.75) is 5.16 Å². The highest BCUT2D eigenvalue weighted by Crippen LogP contribution is 2.20. The maximum atomic E-state index is 12.3. The second-order valence-electron chi connectivity index (χ2n) is 4.95. The molecule has 3 rings (SSSR count). The maximum Gasteiger partial charge on any atom is 0.261 e. The molecule has 122 valence electrons. The molecule has 24 heavy (non-hydrogen) atoms. The fraction of sp³-hybridized carbons (Fsp3) is 0.125. The van der Waals surface area contributed by atoms with E-state index in [2.05, 4.69) is 15.3 Å². The number of rotatable bonds is 4. The molecule has 0 aliphatic heterocycles. The van der Waals surface area contributed by atoms with Crippen molar-refractivity contribution in [1.29, 1.82) is 0 Å². The molecule has 1 aromatic carbocycles. The number of nitrogens with zero attached hydrogens (tertiary/aromatic N) is 3. The SMILES string of the molecule is Cn1c(SCC(=O)Nc2cccnc2Cl)nc2ccccc2c1=O. The lowest BCUT2D eigenvalue weighted by atomic mass is 10.2. The van der Waals surface area contributed by atoms with Crippen molar-refractivity contribution in [3.63, 3.8) is 0 Å². The maximum absolute atomic E-state index is 12.3. The van der Waals surface area contributed by atoms with Crippen molar-refractivity contribution in [2.75, 3.05) is 11.1 Å². The molecule has 0 saturated heterocycles. The first-order valence-corrected chi connectivity index (χ1v) is 8.41. The highest BCUT2D eigenvalue weighted by molar-refractivity contribution is 7.99. The summed E-state index contributed by atoms with van der Waals surface area (Å²) in [5.41, 5.74) is 0.919. The quantitative estimate of drug-likeness (QED) is 0.440. The Morgan fingerprint density at radius 2 is 2.08 bits per heavy atom. The van der Waals surface area contributed by atoms with Gasteiger partial charge in [0.15, 0.2) is 10.3 Å². The van der Waals surface area contributed by atoms with Gasteiger partial charge in [-0.05, 0) is 24.3 Å². The zero-order valence-corrected chi connectivity index (χ0v) is 14.3. The summed E-state index contributed by atoms with van der Waals surface area (Å²) >= 11 is 7.09. The van der Waals surface area contributed by atoms with Crippen LogP contribution < -0.4 is 10.9 Å². The normalized spacial score (nSPS) is 10.8. The number of benzene rings is 1. The Labute approximate surface area is 146 Å². The second-order valence-corrected chi connectivity index (χ2v) is 6.25. The lowest BCUT2D eigenvalue weighted by Gasteiger charge is -2.09. The molecule has 6 nitrogen and oxygen atoms in total. The van der Waals surface area contributed by atoms with Gasteiger partial charge in [0.25, 0.3) is 5.56 Å².